The summed E-state index contributed by atoms with van der Waals surface area (Å²) in [6.45, 7) is 0. The molecule has 7 aromatic rings. The van der Waals surface area contributed by atoms with Crippen molar-refractivity contribution in [2.24, 2.45) is 0 Å². The number of benzene rings is 5. The molecule has 0 aliphatic rings. The number of rotatable bonds is 5. The van der Waals surface area contributed by atoms with Gasteiger partial charge in [0.25, 0.3) is 0 Å². The van der Waals surface area contributed by atoms with E-state index in [4.69, 9.17) is 19.4 Å². The molecular formula is C35H23N3O. The smallest absolute Gasteiger partial charge is 0.227 e. The zero-order valence-electron chi connectivity index (χ0n) is 21.0. The summed E-state index contributed by atoms with van der Waals surface area (Å²) in [6.07, 6.45) is 0. The highest BCUT2D eigenvalue weighted by Crippen LogP contribution is 2.34. The van der Waals surface area contributed by atoms with Crippen molar-refractivity contribution < 1.29 is 4.42 Å². The van der Waals surface area contributed by atoms with Gasteiger partial charge in [0.1, 0.15) is 5.52 Å². The van der Waals surface area contributed by atoms with Gasteiger partial charge in [-0.05, 0) is 35.9 Å². The molecule has 0 bridgehead atoms. The van der Waals surface area contributed by atoms with Crippen LogP contribution >= 0.6 is 0 Å². The van der Waals surface area contributed by atoms with E-state index < -0.39 is 0 Å². The molecule has 0 N–H and O–H groups in total. The number of para-hydroxylation sites is 1. The highest BCUT2D eigenvalue weighted by Gasteiger charge is 2.15. The maximum Gasteiger partial charge on any atom is 0.227 e. The van der Waals surface area contributed by atoms with Gasteiger partial charge < -0.3 is 4.42 Å². The molecule has 0 radical (unpaired) electrons. The summed E-state index contributed by atoms with van der Waals surface area (Å²) in [6, 6.07) is 46.8. The van der Waals surface area contributed by atoms with Crippen molar-refractivity contribution in [2.75, 3.05) is 0 Å². The van der Waals surface area contributed by atoms with Crippen LogP contribution in [0.25, 0.3) is 67.6 Å². The molecule has 0 fully saturated rings. The minimum Gasteiger partial charge on any atom is -0.436 e. The summed E-state index contributed by atoms with van der Waals surface area (Å²) in [7, 11) is 0. The van der Waals surface area contributed by atoms with E-state index in [2.05, 4.69) is 54.6 Å². The summed E-state index contributed by atoms with van der Waals surface area (Å²) in [5.74, 6) is 1.29. The van der Waals surface area contributed by atoms with Crippen LogP contribution in [0, 0.1) is 0 Å². The van der Waals surface area contributed by atoms with Gasteiger partial charge >= 0.3 is 0 Å². The third kappa shape index (κ3) is 4.49. The van der Waals surface area contributed by atoms with E-state index in [0.717, 1.165) is 55.9 Å². The number of hydrogen-bond donors (Lipinski definition) is 0. The third-order valence-corrected chi connectivity index (χ3v) is 6.74. The second-order valence-corrected chi connectivity index (χ2v) is 9.31. The molecular weight excluding hydrogens is 478 g/mol. The Balaban J connectivity index is 1.36. The topological polar surface area (TPSA) is 51.8 Å². The molecule has 0 aliphatic carbocycles. The summed E-state index contributed by atoms with van der Waals surface area (Å²) in [4.78, 5) is 14.9. The van der Waals surface area contributed by atoms with Gasteiger partial charge in [0, 0.05) is 27.8 Å². The quantitative estimate of drug-likeness (QED) is 0.236. The Bertz CT molecular complexity index is 1840. The minimum atomic E-state index is 0.612. The first kappa shape index (κ1) is 22.8. The van der Waals surface area contributed by atoms with E-state index in [9.17, 15) is 0 Å². The molecule has 4 nitrogen and oxygen atoms in total. The molecule has 184 valence electrons. The standard InChI is InChI=1S/C35H23N3O/c1-4-12-24(13-5-1)30-23-31(25-14-6-2-7-15-25)37-34(36-30)28-19-10-18-27(22-28)29-20-11-21-32-33(29)38-35(39-32)26-16-8-3-9-17-26/h1-23H. The molecule has 0 amide bonds. The Morgan fingerprint density at radius 1 is 0.410 bits per heavy atom. The zero-order valence-corrected chi connectivity index (χ0v) is 21.0. The van der Waals surface area contributed by atoms with Gasteiger partial charge in [0.2, 0.25) is 5.89 Å². The van der Waals surface area contributed by atoms with Gasteiger partial charge in [0.05, 0.1) is 11.4 Å². The van der Waals surface area contributed by atoms with Crippen LogP contribution in [0.2, 0.25) is 0 Å². The largest absolute Gasteiger partial charge is 0.436 e. The SMILES string of the molecule is c1ccc(-c2cc(-c3ccccc3)nc(-c3cccc(-c4cccc5oc(-c6ccccc6)nc45)c3)n2)cc1. The number of aromatic nitrogens is 3. The van der Waals surface area contributed by atoms with Crippen molar-refractivity contribution in [3.05, 3.63) is 140 Å². The molecule has 2 heterocycles. The average Bonchev–Trinajstić information content (AvgIpc) is 3.47. The van der Waals surface area contributed by atoms with Crippen molar-refractivity contribution in [1.82, 2.24) is 15.0 Å². The first-order chi connectivity index (χ1) is 19.3. The number of nitrogens with zero attached hydrogens (tertiary/aromatic N) is 3. The minimum absolute atomic E-state index is 0.612. The van der Waals surface area contributed by atoms with Gasteiger partial charge in [-0.25, -0.2) is 15.0 Å². The summed E-state index contributed by atoms with van der Waals surface area (Å²) in [5.41, 5.74) is 9.38. The highest BCUT2D eigenvalue weighted by molar-refractivity contribution is 5.93. The Morgan fingerprint density at radius 3 is 1.59 bits per heavy atom. The van der Waals surface area contributed by atoms with Crippen LogP contribution in [-0.2, 0) is 0 Å². The van der Waals surface area contributed by atoms with Crippen molar-refractivity contribution >= 4 is 11.1 Å². The van der Waals surface area contributed by atoms with Crippen LogP contribution in [0.4, 0.5) is 0 Å². The zero-order chi connectivity index (χ0) is 26.0. The van der Waals surface area contributed by atoms with E-state index >= 15 is 0 Å². The maximum atomic E-state index is 6.12. The molecule has 0 unspecified atom stereocenters. The molecule has 39 heavy (non-hydrogen) atoms. The second-order valence-electron chi connectivity index (χ2n) is 9.31. The predicted octanol–water partition coefficient (Wildman–Crippen LogP) is 8.95. The first-order valence-electron chi connectivity index (χ1n) is 12.9. The fourth-order valence-corrected chi connectivity index (χ4v) is 4.80. The van der Waals surface area contributed by atoms with Crippen molar-refractivity contribution in [3.63, 3.8) is 0 Å². The van der Waals surface area contributed by atoms with Gasteiger partial charge in [-0.1, -0.05) is 109 Å². The number of hydrogen-bond acceptors (Lipinski definition) is 4. The van der Waals surface area contributed by atoms with Crippen molar-refractivity contribution in [1.29, 1.82) is 0 Å². The molecule has 0 saturated heterocycles. The van der Waals surface area contributed by atoms with E-state index in [-0.39, 0.29) is 0 Å². The second kappa shape index (κ2) is 9.84. The fourth-order valence-electron chi connectivity index (χ4n) is 4.80. The van der Waals surface area contributed by atoms with Crippen molar-refractivity contribution in [2.45, 2.75) is 0 Å². The average molecular weight is 502 g/mol. The lowest BCUT2D eigenvalue weighted by Crippen LogP contribution is -1.96. The van der Waals surface area contributed by atoms with Crippen LogP contribution < -0.4 is 0 Å². The molecule has 0 aliphatic heterocycles. The lowest BCUT2D eigenvalue weighted by atomic mass is 10.0. The Hall–Kier alpha value is -5.35. The van der Waals surface area contributed by atoms with Gasteiger partial charge in [-0.15, -0.1) is 0 Å². The molecule has 7 rings (SSSR count). The molecule has 0 atom stereocenters. The lowest BCUT2D eigenvalue weighted by Gasteiger charge is -2.10. The molecule has 0 spiro atoms. The fraction of sp³-hybridized carbons (Fsp3) is 0. The molecule has 0 saturated carbocycles. The van der Waals surface area contributed by atoms with Crippen LogP contribution in [0.1, 0.15) is 0 Å². The van der Waals surface area contributed by atoms with Crippen LogP contribution in [0.15, 0.2) is 144 Å². The maximum absolute atomic E-state index is 6.12. The summed E-state index contributed by atoms with van der Waals surface area (Å²) >= 11 is 0. The van der Waals surface area contributed by atoms with Crippen LogP contribution in [0.5, 0.6) is 0 Å². The first-order valence-corrected chi connectivity index (χ1v) is 12.9. The van der Waals surface area contributed by atoms with E-state index in [1.54, 1.807) is 0 Å². The monoisotopic (exact) mass is 501 g/mol. The molecule has 5 aromatic carbocycles. The van der Waals surface area contributed by atoms with Gasteiger partial charge in [-0.3, -0.25) is 0 Å². The van der Waals surface area contributed by atoms with E-state index in [1.165, 1.54) is 0 Å². The van der Waals surface area contributed by atoms with Crippen LogP contribution in [-0.4, -0.2) is 15.0 Å². The number of oxazole rings is 1. The molecule has 2 aromatic heterocycles. The Morgan fingerprint density at radius 2 is 0.949 bits per heavy atom. The predicted molar refractivity (Wildman–Crippen MR) is 157 cm³/mol. The Labute approximate surface area is 226 Å². The van der Waals surface area contributed by atoms with E-state index in [1.807, 2.05) is 84.9 Å². The molecule has 4 heteroatoms. The van der Waals surface area contributed by atoms with E-state index in [0.29, 0.717) is 11.7 Å². The van der Waals surface area contributed by atoms with Crippen LogP contribution in [0.3, 0.4) is 0 Å². The van der Waals surface area contributed by atoms with Crippen molar-refractivity contribution in [3.8, 4) is 56.5 Å². The Kier molecular flexibility index (Phi) is 5.76. The van der Waals surface area contributed by atoms with Gasteiger partial charge in [0.15, 0.2) is 11.4 Å². The summed E-state index contributed by atoms with van der Waals surface area (Å²) < 4.78 is 6.12. The normalized spacial score (nSPS) is 11.1. The third-order valence-electron chi connectivity index (χ3n) is 6.74. The number of fused-ring (bicyclic) bond motifs is 1. The summed E-state index contributed by atoms with van der Waals surface area (Å²) in [5, 5.41) is 0. The van der Waals surface area contributed by atoms with Gasteiger partial charge in [-0.2, -0.15) is 0 Å². The lowest BCUT2D eigenvalue weighted by molar-refractivity contribution is 0.620. The highest BCUT2D eigenvalue weighted by atomic mass is 16.3.